The molecule has 0 aliphatic heterocycles. The molecule has 1 N–H and O–H groups in total. The van der Waals surface area contributed by atoms with Gasteiger partial charge in [-0.15, -0.1) is 0 Å². The molecule has 7 heteroatoms. The van der Waals surface area contributed by atoms with Crippen LogP contribution in [0.2, 0.25) is 0 Å². The molecule has 0 aliphatic rings. The largest absolute Gasteiger partial charge is 1.00 e. The number of hydrogen-bond acceptors (Lipinski definition) is 3. The van der Waals surface area contributed by atoms with Gasteiger partial charge in [-0.25, -0.2) is 0 Å². The monoisotopic (exact) mass is 156 g/mol. The van der Waals surface area contributed by atoms with Crippen LogP contribution < -0.4 is 51.4 Å². The standard InChI is InChI=1S/FHO4S.K.H/c1-5-6(2,3)4;;/h(H,2,3,4);;/q;+1;-1. The maximum Gasteiger partial charge on any atom is 1.00 e. The Morgan fingerprint density at radius 1 is 1.71 bits per heavy atom. The zero-order valence-corrected chi connectivity index (χ0v) is 7.40. The average Bonchev–Trinajstić information content (AvgIpc) is 1.35. The van der Waals surface area contributed by atoms with Crippen molar-refractivity contribution in [3.8, 4) is 0 Å². The van der Waals surface area contributed by atoms with Gasteiger partial charge in [0.05, 0.1) is 0 Å². The molecule has 0 aromatic heterocycles. The van der Waals surface area contributed by atoms with E-state index in [1.165, 1.54) is 0 Å². The molecule has 7 heavy (non-hydrogen) atoms. The SMILES string of the molecule is O=S(=O)(O)OF.[H-].[K+]. The van der Waals surface area contributed by atoms with Gasteiger partial charge >= 0.3 is 61.8 Å². The molecular formula is H2FKO4S. The van der Waals surface area contributed by atoms with Gasteiger partial charge in [-0.1, -0.05) is 0 Å². The van der Waals surface area contributed by atoms with Crippen molar-refractivity contribution < 1.29 is 74.7 Å². The number of halogens is 1. The van der Waals surface area contributed by atoms with Crippen LogP contribution >= 0.6 is 0 Å². The Morgan fingerprint density at radius 3 is 1.86 bits per heavy atom. The fourth-order valence-corrected chi connectivity index (χ4v) is 0. The Morgan fingerprint density at radius 2 is 1.86 bits per heavy atom. The van der Waals surface area contributed by atoms with Crippen molar-refractivity contribution in [2.45, 2.75) is 0 Å². The third kappa shape index (κ3) is 11.2. The summed E-state index contributed by atoms with van der Waals surface area (Å²) in [7, 11) is -4.83. The number of hydrogen-bond donors (Lipinski definition) is 1. The molecule has 0 rings (SSSR count). The molecule has 0 saturated carbocycles. The first-order valence-electron chi connectivity index (χ1n) is 0.837. The summed E-state index contributed by atoms with van der Waals surface area (Å²) >= 11 is 0. The summed E-state index contributed by atoms with van der Waals surface area (Å²) < 4.78 is 37.2. The third-order valence-electron chi connectivity index (χ3n) is 0.0796. The van der Waals surface area contributed by atoms with Crippen molar-refractivity contribution in [1.29, 1.82) is 0 Å². The summed E-state index contributed by atoms with van der Waals surface area (Å²) in [5.74, 6) is 0. The Balaban J connectivity index is -0.000000125. The fourth-order valence-electron chi connectivity index (χ4n) is 0. The zero-order valence-electron chi connectivity index (χ0n) is 4.46. The second-order valence-corrected chi connectivity index (χ2v) is 1.47. The molecule has 0 aromatic rings. The van der Waals surface area contributed by atoms with Crippen molar-refractivity contribution in [3.63, 3.8) is 0 Å². The summed E-state index contributed by atoms with van der Waals surface area (Å²) in [5, 5.41) is 0. The fraction of sp³-hybridized carbons (Fsp3) is 0. The van der Waals surface area contributed by atoms with E-state index >= 15 is 0 Å². The first-order valence-corrected chi connectivity index (χ1v) is 2.20. The molecule has 0 unspecified atom stereocenters. The second kappa shape index (κ2) is 4.33. The van der Waals surface area contributed by atoms with E-state index in [2.05, 4.69) is 0 Å². The maximum absolute atomic E-state index is 10.2. The molecule has 0 fully saturated rings. The van der Waals surface area contributed by atoms with E-state index in [0.29, 0.717) is 0 Å². The van der Waals surface area contributed by atoms with E-state index in [1.54, 1.807) is 0 Å². The molecule has 0 bridgehead atoms. The molecule has 4 nitrogen and oxygen atoms in total. The van der Waals surface area contributed by atoms with E-state index in [9.17, 15) is 4.53 Å². The van der Waals surface area contributed by atoms with Gasteiger partial charge in [-0.3, -0.25) is 4.55 Å². The van der Waals surface area contributed by atoms with Crippen molar-refractivity contribution in [2.24, 2.45) is 0 Å². The minimum atomic E-state index is -4.83. The third-order valence-corrected chi connectivity index (χ3v) is 0.239. The van der Waals surface area contributed by atoms with E-state index in [-0.39, 0.29) is 52.8 Å². The van der Waals surface area contributed by atoms with Crippen LogP contribution in [0, 0.1) is 0 Å². The van der Waals surface area contributed by atoms with E-state index in [4.69, 9.17) is 13.0 Å². The zero-order chi connectivity index (χ0) is 5.21. The summed E-state index contributed by atoms with van der Waals surface area (Å²) in [6.45, 7) is 0. The predicted molar refractivity (Wildman–Crippen MR) is 14.9 cm³/mol. The molecule has 0 saturated heterocycles. The minimum absolute atomic E-state index is 0. The summed E-state index contributed by atoms with van der Waals surface area (Å²) in [4.78, 5) is 0. The molecule has 0 amide bonds. The molecule has 0 radical (unpaired) electrons. The van der Waals surface area contributed by atoms with Crippen LogP contribution in [0.3, 0.4) is 0 Å². The van der Waals surface area contributed by atoms with Gasteiger partial charge in [0.1, 0.15) is 0 Å². The average molecular weight is 156 g/mol. The van der Waals surface area contributed by atoms with Gasteiger partial charge in [-0.05, 0) is 8.91 Å². The molecule has 0 aliphatic carbocycles. The summed E-state index contributed by atoms with van der Waals surface area (Å²) in [5.41, 5.74) is 0. The van der Waals surface area contributed by atoms with Crippen LogP contribution in [0.25, 0.3) is 0 Å². The molecular weight excluding hydrogens is 154 g/mol. The molecule has 0 aromatic carbocycles. The smallest absolute Gasteiger partial charge is 1.00 e. The molecule has 40 valence electrons. The quantitative estimate of drug-likeness (QED) is 0.321. The van der Waals surface area contributed by atoms with Gasteiger partial charge < -0.3 is 1.43 Å². The molecule has 0 spiro atoms. The normalized spacial score (nSPS) is 10.0. The van der Waals surface area contributed by atoms with Gasteiger partial charge in [-0.2, -0.15) is 8.42 Å². The van der Waals surface area contributed by atoms with Crippen LogP contribution in [0.5, 0.6) is 0 Å². The predicted octanol–water partition coefficient (Wildman–Crippen LogP) is -3.19. The van der Waals surface area contributed by atoms with Gasteiger partial charge in [0.25, 0.3) is 0 Å². The van der Waals surface area contributed by atoms with Gasteiger partial charge in [0, 0.05) is 0 Å². The van der Waals surface area contributed by atoms with Crippen molar-refractivity contribution >= 4 is 10.4 Å². The Kier molecular flexibility index (Phi) is 6.96. The Bertz CT molecular complexity index is 118. The van der Waals surface area contributed by atoms with Crippen LogP contribution in [0.1, 0.15) is 1.43 Å². The topological polar surface area (TPSA) is 63.6 Å². The van der Waals surface area contributed by atoms with Crippen LogP contribution in [0.15, 0.2) is 0 Å². The Hall–Kier alpha value is 1.44. The van der Waals surface area contributed by atoms with E-state index < -0.39 is 10.4 Å². The van der Waals surface area contributed by atoms with Crippen molar-refractivity contribution in [3.05, 3.63) is 0 Å². The van der Waals surface area contributed by atoms with E-state index in [0.717, 1.165) is 0 Å². The van der Waals surface area contributed by atoms with Gasteiger partial charge in [0.15, 0.2) is 0 Å². The second-order valence-electron chi connectivity index (χ2n) is 0.491. The summed E-state index contributed by atoms with van der Waals surface area (Å²) in [6.07, 6.45) is 0. The Labute approximate surface area is 83.8 Å². The van der Waals surface area contributed by atoms with Crippen LogP contribution in [0.4, 0.5) is 4.53 Å². The van der Waals surface area contributed by atoms with Crippen LogP contribution in [-0.2, 0) is 14.8 Å². The van der Waals surface area contributed by atoms with Crippen molar-refractivity contribution in [2.75, 3.05) is 0 Å². The van der Waals surface area contributed by atoms with Crippen molar-refractivity contribution in [1.82, 2.24) is 0 Å². The number of rotatable bonds is 1. The van der Waals surface area contributed by atoms with Gasteiger partial charge in [0.2, 0.25) is 0 Å². The van der Waals surface area contributed by atoms with E-state index in [1.807, 2.05) is 4.39 Å². The summed E-state index contributed by atoms with van der Waals surface area (Å²) in [6, 6.07) is 0. The first kappa shape index (κ1) is 11.3. The molecule has 0 atom stereocenters. The van der Waals surface area contributed by atoms with Crippen LogP contribution in [-0.4, -0.2) is 13.0 Å². The minimum Gasteiger partial charge on any atom is -1.00 e. The first-order chi connectivity index (χ1) is 2.56. The maximum atomic E-state index is 10.2. The molecule has 0 heterocycles.